The van der Waals surface area contributed by atoms with Crippen LogP contribution >= 0.6 is 0 Å². The number of urea groups is 1. The van der Waals surface area contributed by atoms with Gasteiger partial charge in [0.1, 0.15) is 0 Å². The van der Waals surface area contributed by atoms with Crippen molar-refractivity contribution in [2.24, 2.45) is 10.8 Å². The van der Waals surface area contributed by atoms with E-state index in [4.69, 9.17) is 4.74 Å². The van der Waals surface area contributed by atoms with Crippen molar-refractivity contribution in [2.45, 2.75) is 32.2 Å². The lowest BCUT2D eigenvalue weighted by atomic mass is 9.86. The summed E-state index contributed by atoms with van der Waals surface area (Å²) in [5.74, 6) is 0. The molecule has 140 valence electrons. The average molecular weight is 357 g/mol. The maximum absolute atomic E-state index is 12.4. The van der Waals surface area contributed by atoms with E-state index in [1.807, 2.05) is 37.4 Å². The van der Waals surface area contributed by atoms with E-state index in [2.05, 4.69) is 15.6 Å². The molecule has 0 radical (unpaired) electrons. The van der Waals surface area contributed by atoms with Crippen molar-refractivity contribution in [3.8, 4) is 0 Å². The Hall–Kier alpha value is -2.05. The van der Waals surface area contributed by atoms with Gasteiger partial charge in [-0.05, 0) is 48.6 Å². The quantitative estimate of drug-likeness (QED) is 0.664. The maximum atomic E-state index is 12.4. The van der Waals surface area contributed by atoms with Crippen molar-refractivity contribution in [3.63, 3.8) is 0 Å². The third-order valence-corrected chi connectivity index (χ3v) is 6.45. The zero-order chi connectivity index (χ0) is 18.2. The molecule has 2 heterocycles. The second-order valence-electron chi connectivity index (χ2n) is 7.85. The topological polar surface area (TPSA) is 86.4 Å². The molecule has 1 aromatic heterocycles. The Kier molecular flexibility index (Phi) is 4.40. The highest BCUT2D eigenvalue weighted by atomic mass is 16.5. The number of hydrogen-bond acceptors (Lipinski definition) is 3. The SMILES string of the molecule is CC(NC(=O)NCC1(CO)CC12CCOCC2)c1cccc2cc[nH]c12. The molecule has 4 N–H and O–H groups in total. The Bertz CT molecular complexity index is 796. The molecule has 1 saturated carbocycles. The van der Waals surface area contributed by atoms with Gasteiger partial charge < -0.3 is 25.5 Å². The van der Waals surface area contributed by atoms with Crippen LogP contribution in [-0.4, -0.2) is 42.5 Å². The predicted molar refractivity (Wildman–Crippen MR) is 99.9 cm³/mol. The number of fused-ring (bicyclic) bond motifs is 1. The lowest BCUT2D eigenvalue weighted by molar-refractivity contribution is 0.0313. The summed E-state index contributed by atoms with van der Waals surface area (Å²) in [5.41, 5.74) is 2.08. The fourth-order valence-electron chi connectivity index (χ4n) is 4.65. The van der Waals surface area contributed by atoms with Crippen LogP contribution in [0, 0.1) is 10.8 Å². The third kappa shape index (κ3) is 2.87. The van der Waals surface area contributed by atoms with E-state index in [1.54, 1.807) is 0 Å². The number of benzene rings is 1. The molecule has 1 aliphatic carbocycles. The molecule has 6 heteroatoms. The first kappa shape index (κ1) is 17.4. The number of H-pyrrole nitrogens is 1. The van der Waals surface area contributed by atoms with Crippen LogP contribution < -0.4 is 10.6 Å². The summed E-state index contributed by atoms with van der Waals surface area (Å²) in [7, 11) is 0. The smallest absolute Gasteiger partial charge is 0.315 e. The number of nitrogens with one attached hydrogen (secondary N) is 3. The number of amides is 2. The Morgan fingerprint density at radius 1 is 1.35 bits per heavy atom. The van der Waals surface area contributed by atoms with Crippen LogP contribution in [0.25, 0.3) is 10.9 Å². The number of carbonyl (C=O) groups is 1. The molecule has 2 unspecified atom stereocenters. The van der Waals surface area contributed by atoms with E-state index in [0.717, 1.165) is 48.9 Å². The van der Waals surface area contributed by atoms with Gasteiger partial charge >= 0.3 is 6.03 Å². The van der Waals surface area contributed by atoms with Gasteiger partial charge in [0.2, 0.25) is 0 Å². The van der Waals surface area contributed by atoms with Crippen molar-refractivity contribution >= 4 is 16.9 Å². The molecule has 2 aliphatic rings. The van der Waals surface area contributed by atoms with E-state index in [1.165, 1.54) is 0 Å². The van der Waals surface area contributed by atoms with Crippen LogP contribution in [-0.2, 0) is 4.74 Å². The van der Waals surface area contributed by atoms with Crippen molar-refractivity contribution in [1.82, 2.24) is 15.6 Å². The average Bonchev–Trinajstić information content (AvgIpc) is 3.02. The molecule has 4 rings (SSSR count). The van der Waals surface area contributed by atoms with Gasteiger partial charge in [-0.1, -0.05) is 18.2 Å². The first-order valence-electron chi connectivity index (χ1n) is 9.38. The number of hydrogen-bond donors (Lipinski definition) is 4. The number of carbonyl (C=O) groups excluding carboxylic acids is 1. The van der Waals surface area contributed by atoms with Gasteiger partial charge in [-0.25, -0.2) is 4.79 Å². The van der Waals surface area contributed by atoms with Gasteiger partial charge in [0, 0.05) is 31.4 Å². The molecule has 2 amide bonds. The van der Waals surface area contributed by atoms with E-state index >= 15 is 0 Å². The number of aromatic nitrogens is 1. The lowest BCUT2D eigenvalue weighted by Crippen LogP contribution is -2.42. The van der Waals surface area contributed by atoms with E-state index in [9.17, 15) is 9.90 Å². The van der Waals surface area contributed by atoms with Crippen molar-refractivity contribution in [1.29, 1.82) is 0 Å². The second-order valence-corrected chi connectivity index (χ2v) is 7.85. The number of rotatable bonds is 5. The Balaban J connectivity index is 1.36. The van der Waals surface area contributed by atoms with Crippen molar-refractivity contribution < 1.29 is 14.6 Å². The van der Waals surface area contributed by atoms with Crippen LogP contribution in [0.3, 0.4) is 0 Å². The Morgan fingerprint density at radius 3 is 2.92 bits per heavy atom. The maximum Gasteiger partial charge on any atom is 0.315 e. The van der Waals surface area contributed by atoms with Crippen molar-refractivity contribution in [3.05, 3.63) is 36.0 Å². The van der Waals surface area contributed by atoms with Crippen LogP contribution in [0.5, 0.6) is 0 Å². The fraction of sp³-hybridized carbons (Fsp3) is 0.550. The number of para-hydroxylation sites is 1. The summed E-state index contributed by atoms with van der Waals surface area (Å²) in [4.78, 5) is 15.7. The molecule has 2 atom stereocenters. The van der Waals surface area contributed by atoms with Crippen molar-refractivity contribution in [2.75, 3.05) is 26.4 Å². The zero-order valence-electron chi connectivity index (χ0n) is 15.2. The first-order valence-corrected chi connectivity index (χ1v) is 9.38. The third-order valence-electron chi connectivity index (χ3n) is 6.45. The molecule has 1 aromatic carbocycles. The normalized spacial score (nSPS) is 25.2. The minimum absolute atomic E-state index is 0.112. The summed E-state index contributed by atoms with van der Waals surface area (Å²) in [5, 5.41) is 17.1. The second kappa shape index (κ2) is 6.59. The minimum atomic E-state index is -0.192. The van der Waals surface area contributed by atoms with Gasteiger partial charge in [0.05, 0.1) is 18.2 Å². The number of aliphatic hydroxyl groups is 1. The van der Waals surface area contributed by atoms with Crippen LogP contribution in [0.1, 0.15) is 37.8 Å². The van der Waals surface area contributed by atoms with Gasteiger partial charge in [-0.2, -0.15) is 0 Å². The van der Waals surface area contributed by atoms with E-state index < -0.39 is 0 Å². The summed E-state index contributed by atoms with van der Waals surface area (Å²) < 4.78 is 5.45. The Morgan fingerprint density at radius 2 is 2.15 bits per heavy atom. The monoisotopic (exact) mass is 357 g/mol. The first-order chi connectivity index (χ1) is 12.6. The van der Waals surface area contributed by atoms with Crippen LogP contribution in [0.15, 0.2) is 30.5 Å². The highest BCUT2D eigenvalue weighted by Crippen LogP contribution is 2.68. The molecular formula is C20H27N3O3. The highest BCUT2D eigenvalue weighted by Gasteiger charge is 2.66. The van der Waals surface area contributed by atoms with Gasteiger partial charge in [0.25, 0.3) is 0 Å². The molecular weight excluding hydrogens is 330 g/mol. The zero-order valence-corrected chi connectivity index (χ0v) is 15.2. The molecule has 26 heavy (non-hydrogen) atoms. The molecule has 2 fully saturated rings. The van der Waals surface area contributed by atoms with Crippen LogP contribution in [0.2, 0.25) is 0 Å². The predicted octanol–water partition coefficient (Wildman–Crippen LogP) is 2.71. The molecule has 2 aromatic rings. The summed E-state index contributed by atoms with van der Waals surface area (Å²) in [6, 6.07) is 7.80. The molecule has 6 nitrogen and oxygen atoms in total. The fourth-order valence-corrected chi connectivity index (χ4v) is 4.65. The molecule has 0 bridgehead atoms. The van der Waals surface area contributed by atoms with Gasteiger partial charge in [-0.15, -0.1) is 0 Å². The number of ether oxygens (including phenoxy) is 1. The summed E-state index contributed by atoms with van der Waals surface area (Å²) in [6.45, 7) is 4.11. The minimum Gasteiger partial charge on any atom is -0.396 e. The largest absolute Gasteiger partial charge is 0.396 e. The van der Waals surface area contributed by atoms with Crippen LogP contribution in [0.4, 0.5) is 4.79 Å². The highest BCUT2D eigenvalue weighted by molar-refractivity contribution is 5.83. The van der Waals surface area contributed by atoms with Gasteiger partial charge in [0.15, 0.2) is 0 Å². The standard InChI is InChI=1S/C20H27N3O3/c1-14(16-4-2-3-15-5-8-21-17(15)16)23-18(25)22-12-20(13-24)11-19(20)6-9-26-10-7-19/h2-5,8,14,21,24H,6-7,9-13H2,1H3,(H2,22,23,25). The Labute approximate surface area is 153 Å². The number of aliphatic hydroxyl groups excluding tert-OH is 1. The van der Waals surface area contributed by atoms with E-state index in [0.29, 0.717) is 6.54 Å². The molecule has 1 aliphatic heterocycles. The molecule has 1 spiro atoms. The van der Waals surface area contributed by atoms with E-state index in [-0.39, 0.29) is 29.5 Å². The lowest BCUT2D eigenvalue weighted by Gasteiger charge is -2.28. The van der Waals surface area contributed by atoms with Gasteiger partial charge in [-0.3, -0.25) is 0 Å². The number of aromatic amines is 1. The molecule has 1 saturated heterocycles. The summed E-state index contributed by atoms with van der Waals surface area (Å²) >= 11 is 0. The summed E-state index contributed by atoms with van der Waals surface area (Å²) in [6.07, 6.45) is 4.83.